The summed E-state index contributed by atoms with van der Waals surface area (Å²) in [5, 5.41) is 0.469. The van der Waals surface area contributed by atoms with Gasteiger partial charge in [-0.1, -0.05) is 18.5 Å². The molecule has 1 aliphatic carbocycles. The minimum Gasteiger partial charge on any atom is -0.355 e. The molecular formula is C12H16ClN3. The topological polar surface area (TPSA) is 29.0 Å². The fourth-order valence-corrected chi connectivity index (χ4v) is 3.36. The highest BCUT2D eigenvalue weighted by Gasteiger charge is 2.39. The van der Waals surface area contributed by atoms with E-state index >= 15 is 0 Å². The normalized spacial score (nSPS) is 33.1. The summed E-state index contributed by atoms with van der Waals surface area (Å²) in [5.74, 6) is 3.62. The van der Waals surface area contributed by atoms with Gasteiger partial charge in [-0.3, -0.25) is 0 Å². The molecule has 0 amide bonds. The molecule has 0 aromatic carbocycles. The molecule has 0 radical (unpaired) electrons. The molecule has 16 heavy (non-hydrogen) atoms. The van der Waals surface area contributed by atoms with E-state index < -0.39 is 0 Å². The summed E-state index contributed by atoms with van der Waals surface area (Å²) in [6.45, 7) is 4.65. The van der Waals surface area contributed by atoms with Crippen LogP contribution in [0.5, 0.6) is 0 Å². The average Bonchev–Trinajstić information content (AvgIpc) is 2.75. The number of hydrogen-bond acceptors (Lipinski definition) is 3. The largest absolute Gasteiger partial charge is 0.355 e. The van der Waals surface area contributed by atoms with Gasteiger partial charge in [0, 0.05) is 13.1 Å². The summed E-state index contributed by atoms with van der Waals surface area (Å²) in [4.78, 5) is 10.8. The van der Waals surface area contributed by atoms with Gasteiger partial charge in [-0.05, 0) is 30.6 Å². The lowest BCUT2D eigenvalue weighted by molar-refractivity contribution is 0.494. The smallest absolute Gasteiger partial charge is 0.147 e. The molecule has 0 spiro atoms. The lowest BCUT2D eigenvalue weighted by Gasteiger charge is -2.18. The maximum Gasteiger partial charge on any atom is 0.147 e. The SMILES string of the molecule is CC1CC2CN(c3cnc(Cl)cn3)CC2C1. The van der Waals surface area contributed by atoms with Gasteiger partial charge >= 0.3 is 0 Å². The lowest BCUT2D eigenvalue weighted by atomic mass is 10.0. The summed E-state index contributed by atoms with van der Waals surface area (Å²) >= 11 is 5.74. The number of hydrogen-bond donors (Lipinski definition) is 0. The van der Waals surface area contributed by atoms with Gasteiger partial charge in [0.2, 0.25) is 0 Å². The highest BCUT2D eigenvalue weighted by atomic mass is 35.5. The molecule has 1 aromatic heterocycles. The first kappa shape index (κ1) is 10.3. The molecule has 86 valence electrons. The zero-order valence-electron chi connectivity index (χ0n) is 9.43. The van der Waals surface area contributed by atoms with Crippen LogP contribution in [-0.2, 0) is 0 Å². The van der Waals surface area contributed by atoms with Gasteiger partial charge in [-0.25, -0.2) is 9.97 Å². The first-order valence-corrected chi connectivity index (χ1v) is 6.32. The molecule has 1 saturated heterocycles. The minimum atomic E-state index is 0.469. The van der Waals surface area contributed by atoms with Gasteiger partial charge in [-0.15, -0.1) is 0 Å². The van der Waals surface area contributed by atoms with Crippen LogP contribution in [-0.4, -0.2) is 23.1 Å². The number of nitrogens with zero attached hydrogens (tertiary/aromatic N) is 3. The predicted octanol–water partition coefficient (Wildman–Crippen LogP) is 2.61. The van der Waals surface area contributed by atoms with Crippen LogP contribution in [0, 0.1) is 17.8 Å². The van der Waals surface area contributed by atoms with Crippen molar-refractivity contribution < 1.29 is 0 Å². The van der Waals surface area contributed by atoms with Crippen molar-refractivity contribution in [3.8, 4) is 0 Å². The second-order valence-corrected chi connectivity index (χ2v) is 5.59. The maximum absolute atomic E-state index is 5.74. The van der Waals surface area contributed by atoms with Crippen molar-refractivity contribution in [1.29, 1.82) is 0 Å². The number of fused-ring (bicyclic) bond motifs is 1. The van der Waals surface area contributed by atoms with Crippen molar-refractivity contribution in [1.82, 2.24) is 9.97 Å². The second-order valence-electron chi connectivity index (χ2n) is 5.20. The molecule has 2 heterocycles. The van der Waals surface area contributed by atoms with E-state index in [9.17, 15) is 0 Å². The summed E-state index contributed by atoms with van der Waals surface area (Å²) < 4.78 is 0. The first-order chi connectivity index (χ1) is 7.72. The summed E-state index contributed by atoms with van der Waals surface area (Å²) in [7, 11) is 0. The van der Waals surface area contributed by atoms with Crippen molar-refractivity contribution in [2.45, 2.75) is 19.8 Å². The number of halogens is 1. The van der Waals surface area contributed by atoms with Gasteiger partial charge in [0.05, 0.1) is 12.4 Å². The highest BCUT2D eigenvalue weighted by molar-refractivity contribution is 6.29. The molecule has 4 heteroatoms. The molecule has 0 bridgehead atoms. The monoisotopic (exact) mass is 237 g/mol. The van der Waals surface area contributed by atoms with Crippen molar-refractivity contribution in [2.24, 2.45) is 17.8 Å². The Balaban J connectivity index is 1.73. The van der Waals surface area contributed by atoms with Crippen LogP contribution in [0.25, 0.3) is 0 Å². The number of anilines is 1. The fourth-order valence-electron chi connectivity index (χ4n) is 3.26. The Morgan fingerprint density at radius 3 is 2.44 bits per heavy atom. The molecule has 1 aromatic rings. The lowest BCUT2D eigenvalue weighted by Crippen LogP contribution is -2.22. The standard InChI is InChI=1S/C12H16ClN3/c1-8-2-9-6-16(7-10(9)3-8)12-5-14-11(13)4-15-12/h4-5,8-10H,2-3,6-7H2,1H3. The summed E-state index contributed by atoms with van der Waals surface area (Å²) in [5.41, 5.74) is 0. The molecule has 1 aliphatic heterocycles. The highest BCUT2D eigenvalue weighted by Crippen LogP contribution is 2.42. The third kappa shape index (κ3) is 1.77. The Morgan fingerprint density at radius 1 is 1.19 bits per heavy atom. The fraction of sp³-hybridized carbons (Fsp3) is 0.667. The van der Waals surface area contributed by atoms with Crippen LogP contribution in [0.4, 0.5) is 5.82 Å². The van der Waals surface area contributed by atoms with E-state index in [-0.39, 0.29) is 0 Å². The molecule has 3 nitrogen and oxygen atoms in total. The van der Waals surface area contributed by atoms with Crippen LogP contribution in [0.1, 0.15) is 19.8 Å². The van der Waals surface area contributed by atoms with E-state index in [2.05, 4.69) is 21.8 Å². The first-order valence-electron chi connectivity index (χ1n) is 5.95. The Kier molecular flexibility index (Phi) is 2.51. The number of aromatic nitrogens is 2. The molecular weight excluding hydrogens is 222 g/mol. The van der Waals surface area contributed by atoms with Crippen molar-refractivity contribution in [3.63, 3.8) is 0 Å². The van der Waals surface area contributed by atoms with Gasteiger partial charge < -0.3 is 4.90 Å². The van der Waals surface area contributed by atoms with Crippen LogP contribution in [0.3, 0.4) is 0 Å². The Hall–Kier alpha value is -0.830. The molecule has 1 saturated carbocycles. The molecule has 2 fully saturated rings. The Labute approximate surface area is 101 Å². The van der Waals surface area contributed by atoms with Crippen molar-refractivity contribution in [2.75, 3.05) is 18.0 Å². The average molecular weight is 238 g/mol. The van der Waals surface area contributed by atoms with Crippen molar-refractivity contribution in [3.05, 3.63) is 17.5 Å². The van der Waals surface area contributed by atoms with E-state index in [0.29, 0.717) is 5.15 Å². The maximum atomic E-state index is 5.74. The molecule has 3 rings (SSSR count). The van der Waals surface area contributed by atoms with E-state index in [4.69, 9.17) is 11.6 Å². The van der Waals surface area contributed by atoms with E-state index in [0.717, 1.165) is 36.7 Å². The Morgan fingerprint density at radius 2 is 1.88 bits per heavy atom. The number of rotatable bonds is 1. The van der Waals surface area contributed by atoms with Gasteiger partial charge in [0.1, 0.15) is 11.0 Å². The quantitative estimate of drug-likeness (QED) is 0.752. The van der Waals surface area contributed by atoms with Gasteiger partial charge in [-0.2, -0.15) is 0 Å². The second kappa shape index (κ2) is 3.88. The third-order valence-corrected chi connectivity index (χ3v) is 4.11. The molecule has 2 atom stereocenters. The van der Waals surface area contributed by atoms with E-state index in [1.165, 1.54) is 12.8 Å². The summed E-state index contributed by atoms with van der Waals surface area (Å²) in [6.07, 6.45) is 6.17. The zero-order valence-corrected chi connectivity index (χ0v) is 10.2. The van der Waals surface area contributed by atoms with E-state index in [1.807, 2.05) is 0 Å². The van der Waals surface area contributed by atoms with Crippen LogP contribution in [0.15, 0.2) is 12.4 Å². The van der Waals surface area contributed by atoms with Crippen LogP contribution in [0.2, 0.25) is 5.15 Å². The van der Waals surface area contributed by atoms with Gasteiger partial charge in [0.25, 0.3) is 0 Å². The predicted molar refractivity (Wildman–Crippen MR) is 64.6 cm³/mol. The molecule has 0 N–H and O–H groups in total. The molecule has 2 aliphatic rings. The summed E-state index contributed by atoms with van der Waals surface area (Å²) in [6, 6.07) is 0. The molecule has 2 unspecified atom stereocenters. The van der Waals surface area contributed by atoms with E-state index in [1.54, 1.807) is 12.4 Å². The van der Waals surface area contributed by atoms with Gasteiger partial charge in [0.15, 0.2) is 0 Å². The van der Waals surface area contributed by atoms with Crippen molar-refractivity contribution >= 4 is 17.4 Å². The third-order valence-electron chi connectivity index (χ3n) is 3.92. The zero-order chi connectivity index (χ0) is 11.1. The minimum absolute atomic E-state index is 0.469. The Bertz CT molecular complexity index is 364. The van der Waals surface area contributed by atoms with Crippen LogP contribution >= 0.6 is 11.6 Å². The van der Waals surface area contributed by atoms with Crippen LogP contribution < -0.4 is 4.90 Å².